The van der Waals surface area contributed by atoms with Crippen LogP contribution in [0.5, 0.6) is 0 Å². The van der Waals surface area contributed by atoms with E-state index in [4.69, 9.17) is 9.47 Å². The average Bonchev–Trinajstić information content (AvgIpc) is 2.31. The second-order valence-electron chi connectivity index (χ2n) is 4.45. The van der Waals surface area contributed by atoms with Crippen molar-refractivity contribution >= 4 is 0 Å². The molecule has 0 aliphatic carbocycles. The molecule has 0 bridgehead atoms. The molecule has 1 atom stereocenters. The maximum Gasteiger partial charge on any atom is 0.0890 e. The smallest absolute Gasteiger partial charge is 0.0890 e. The molecule has 5 heteroatoms. The highest BCUT2D eigenvalue weighted by molar-refractivity contribution is 4.80. The van der Waals surface area contributed by atoms with E-state index < -0.39 is 0 Å². The minimum Gasteiger partial charge on any atom is -0.390 e. The van der Waals surface area contributed by atoms with Crippen LogP contribution in [0, 0.1) is 0 Å². The fraction of sp³-hybridized carbons (Fsp3) is 1.00. The fourth-order valence-corrected chi connectivity index (χ4v) is 2.53. The first-order valence-corrected chi connectivity index (χ1v) is 6.10. The van der Waals surface area contributed by atoms with Crippen LogP contribution in [-0.4, -0.2) is 79.8 Å². The normalized spacial score (nSPS) is 27.2. The summed E-state index contributed by atoms with van der Waals surface area (Å²) in [5, 5.41) is 9.95. The summed E-state index contributed by atoms with van der Waals surface area (Å²) in [7, 11) is 0. The summed E-state index contributed by atoms with van der Waals surface area (Å²) in [5.74, 6) is 0. The maximum atomic E-state index is 9.95. The molecule has 0 aromatic carbocycles. The highest BCUT2D eigenvalue weighted by Crippen LogP contribution is 2.14. The minimum absolute atomic E-state index is 0.118. The quantitative estimate of drug-likeness (QED) is 0.698. The van der Waals surface area contributed by atoms with Crippen molar-refractivity contribution < 1.29 is 14.6 Å². The molecule has 0 amide bonds. The Morgan fingerprint density at radius 1 is 0.875 bits per heavy atom. The summed E-state index contributed by atoms with van der Waals surface area (Å²) in [6.07, 6.45) is -0.219. The molecule has 0 radical (unpaired) electrons. The van der Waals surface area contributed by atoms with E-state index in [1.54, 1.807) is 0 Å². The van der Waals surface area contributed by atoms with Gasteiger partial charge in [0.05, 0.1) is 38.7 Å². The molecule has 2 rings (SSSR count). The van der Waals surface area contributed by atoms with Crippen LogP contribution >= 0.6 is 0 Å². The van der Waals surface area contributed by atoms with Crippen molar-refractivity contribution in [2.24, 2.45) is 0 Å². The van der Waals surface area contributed by atoms with Gasteiger partial charge in [0.1, 0.15) is 0 Å². The number of aliphatic hydroxyl groups is 1. The summed E-state index contributed by atoms with van der Waals surface area (Å²) in [6.45, 7) is 8.59. The molecular weight excluding hydrogens is 208 g/mol. The van der Waals surface area contributed by atoms with Gasteiger partial charge < -0.3 is 14.6 Å². The number of morpholine rings is 2. The highest BCUT2D eigenvalue weighted by Gasteiger charge is 2.31. The number of ether oxygens (including phenoxy) is 2. The second-order valence-corrected chi connectivity index (χ2v) is 4.45. The standard InChI is InChI=1S/C11H22N2O3/c1-10(14)11(12-2-6-15-7-3-12)13-4-8-16-9-5-13/h10-11,14H,2-9H2,1H3. The number of hydrogen-bond donors (Lipinski definition) is 1. The monoisotopic (exact) mass is 230 g/mol. The van der Waals surface area contributed by atoms with E-state index in [2.05, 4.69) is 9.80 Å². The Hall–Kier alpha value is -0.200. The number of hydrogen-bond acceptors (Lipinski definition) is 5. The van der Waals surface area contributed by atoms with Gasteiger partial charge in [-0.25, -0.2) is 0 Å². The first kappa shape index (κ1) is 12.3. The largest absolute Gasteiger partial charge is 0.390 e. The van der Waals surface area contributed by atoms with Crippen LogP contribution in [0.3, 0.4) is 0 Å². The Morgan fingerprint density at radius 3 is 1.56 bits per heavy atom. The van der Waals surface area contributed by atoms with Gasteiger partial charge in [-0.1, -0.05) is 0 Å². The average molecular weight is 230 g/mol. The lowest BCUT2D eigenvalue weighted by Gasteiger charge is -2.44. The van der Waals surface area contributed by atoms with Crippen molar-refractivity contribution in [2.45, 2.75) is 19.2 Å². The van der Waals surface area contributed by atoms with Gasteiger partial charge in [0.2, 0.25) is 0 Å². The Bertz CT molecular complexity index is 183. The van der Waals surface area contributed by atoms with Gasteiger partial charge in [-0.05, 0) is 6.92 Å². The lowest BCUT2D eigenvalue weighted by molar-refractivity contribution is -0.104. The zero-order chi connectivity index (χ0) is 11.4. The molecule has 2 aliphatic heterocycles. The van der Waals surface area contributed by atoms with E-state index in [0.29, 0.717) is 0 Å². The van der Waals surface area contributed by atoms with Crippen molar-refractivity contribution in [1.29, 1.82) is 0 Å². The lowest BCUT2D eigenvalue weighted by atomic mass is 10.2. The van der Waals surface area contributed by atoms with E-state index in [9.17, 15) is 5.11 Å². The van der Waals surface area contributed by atoms with Crippen molar-refractivity contribution in [3.63, 3.8) is 0 Å². The number of nitrogens with zero attached hydrogens (tertiary/aromatic N) is 2. The lowest BCUT2D eigenvalue weighted by Crippen LogP contribution is -2.59. The Kier molecular flexibility index (Phi) is 4.55. The van der Waals surface area contributed by atoms with Crippen LogP contribution in [0.2, 0.25) is 0 Å². The summed E-state index contributed by atoms with van der Waals surface area (Å²) >= 11 is 0. The molecule has 2 heterocycles. The molecule has 16 heavy (non-hydrogen) atoms. The van der Waals surface area contributed by atoms with Gasteiger partial charge in [0.25, 0.3) is 0 Å². The summed E-state index contributed by atoms with van der Waals surface area (Å²) in [6, 6.07) is 0. The van der Waals surface area contributed by atoms with Crippen molar-refractivity contribution in [3.8, 4) is 0 Å². The molecule has 5 nitrogen and oxygen atoms in total. The van der Waals surface area contributed by atoms with E-state index in [0.717, 1.165) is 52.6 Å². The Balaban J connectivity index is 1.96. The summed E-state index contributed by atoms with van der Waals surface area (Å²) < 4.78 is 10.7. The van der Waals surface area contributed by atoms with E-state index in [1.807, 2.05) is 6.92 Å². The van der Waals surface area contributed by atoms with Gasteiger partial charge in [-0.15, -0.1) is 0 Å². The molecule has 94 valence electrons. The molecule has 0 saturated carbocycles. The molecule has 2 aliphatic rings. The van der Waals surface area contributed by atoms with Crippen LogP contribution in [0.25, 0.3) is 0 Å². The molecule has 1 N–H and O–H groups in total. The van der Waals surface area contributed by atoms with Crippen molar-refractivity contribution in [2.75, 3.05) is 52.6 Å². The second kappa shape index (κ2) is 5.93. The highest BCUT2D eigenvalue weighted by atomic mass is 16.5. The predicted octanol–water partition coefficient (Wildman–Crippen LogP) is -0.642. The van der Waals surface area contributed by atoms with E-state index >= 15 is 0 Å². The molecule has 0 aromatic rings. The van der Waals surface area contributed by atoms with Crippen LogP contribution in [0.1, 0.15) is 6.92 Å². The topological polar surface area (TPSA) is 45.2 Å². The van der Waals surface area contributed by atoms with Gasteiger partial charge >= 0.3 is 0 Å². The Morgan fingerprint density at radius 2 is 1.25 bits per heavy atom. The summed E-state index contributed by atoms with van der Waals surface area (Å²) in [4.78, 5) is 4.64. The third-order valence-electron chi connectivity index (χ3n) is 3.27. The molecule has 2 fully saturated rings. The SMILES string of the molecule is CC(O)C(N1CCOCC1)N1CCOCC1. The third-order valence-corrected chi connectivity index (χ3v) is 3.27. The van der Waals surface area contributed by atoms with Gasteiger partial charge in [0.15, 0.2) is 0 Å². The molecule has 0 spiro atoms. The molecular formula is C11H22N2O3. The van der Waals surface area contributed by atoms with Gasteiger partial charge in [-0.3, -0.25) is 9.80 Å². The van der Waals surface area contributed by atoms with Crippen LogP contribution < -0.4 is 0 Å². The van der Waals surface area contributed by atoms with E-state index in [1.165, 1.54) is 0 Å². The number of aliphatic hydroxyl groups excluding tert-OH is 1. The molecule has 1 unspecified atom stereocenters. The number of rotatable bonds is 3. The van der Waals surface area contributed by atoms with E-state index in [-0.39, 0.29) is 12.3 Å². The summed E-state index contributed by atoms with van der Waals surface area (Å²) in [5.41, 5.74) is 0. The minimum atomic E-state index is -0.337. The van der Waals surface area contributed by atoms with Crippen LogP contribution in [-0.2, 0) is 9.47 Å². The van der Waals surface area contributed by atoms with Gasteiger partial charge in [-0.2, -0.15) is 0 Å². The fourth-order valence-electron chi connectivity index (χ4n) is 2.53. The first-order chi connectivity index (χ1) is 7.79. The molecule has 2 saturated heterocycles. The molecule has 0 aromatic heterocycles. The van der Waals surface area contributed by atoms with Crippen molar-refractivity contribution in [1.82, 2.24) is 9.80 Å². The van der Waals surface area contributed by atoms with Gasteiger partial charge in [0, 0.05) is 26.2 Å². The van der Waals surface area contributed by atoms with Crippen LogP contribution in [0.4, 0.5) is 0 Å². The predicted molar refractivity (Wildman–Crippen MR) is 60.3 cm³/mol. The first-order valence-electron chi connectivity index (χ1n) is 6.10. The zero-order valence-corrected chi connectivity index (χ0v) is 9.97. The Labute approximate surface area is 96.9 Å². The van der Waals surface area contributed by atoms with Crippen LogP contribution in [0.15, 0.2) is 0 Å². The third kappa shape index (κ3) is 2.93. The maximum absolute atomic E-state index is 9.95. The van der Waals surface area contributed by atoms with Crippen molar-refractivity contribution in [3.05, 3.63) is 0 Å². The zero-order valence-electron chi connectivity index (χ0n) is 9.97.